The van der Waals surface area contributed by atoms with E-state index in [1.165, 1.54) is 69.4 Å². The lowest BCUT2D eigenvalue weighted by Gasteiger charge is -2.35. The van der Waals surface area contributed by atoms with E-state index in [0.717, 1.165) is 5.56 Å². The maximum atomic E-state index is 14.7. The van der Waals surface area contributed by atoms with Crippen molar-refractivity contribution in [1.29, 1.82) is 0 Å². The van der Waals surface area contributed by atoms with Gasteiger partial charge in [0.15, 0.2) is 0 Å². The molecule has 0 saturated carbocycles. The number of methoxy groups -OCH3 is 1. The number of carbonyl (C=O) groups excluding carboxylic acids is 13. The lowest BCUT2D eigenvalue weighted by molar-refractivity contribution is -0.150. The monoisotopic (exact) mass is 1340 g/mol. The Labute approximate surface area is 562 Å². The minimum Gasteiger partial charge on any atom is -0.467 e. The van der Waals surface area contributed by atoms with Crippen molar-refractivity contribution in [2.24, 2.45) is 35.5 Å². The zero-order valence-electron chi connectivity index (χ0n) is 60.8. The van der Waals surface area contributed by atoms with Gasteiger partial charge in [-0.3, -0.25) is 52.7 Å². The van der Waals surface area contributed by atoms with Crippen LogP contribution in [0.2, 0.25) is 0 Å². The second-order valence-electron chi connectivity index (χ2n) is 28.9. The Hall–Kier alpha value is -7.91. The number of esters is 1. The third-order valence-electron chi connectivity index (χ3n) is 15.9. The topological polar surface area (TPSA) is 394 Å². The first-order valence-corrected chi connectivity index (χ1v) is 32.6. The van der Waals surface area contributed by atoms with Crippen LogP contribution >= 0.6 is 0 Å². The van der Waals surface area contributed by atoms with Gasteiger partial charge in [0.25, 0.3) is 0 Å². The van der Waals surface area contributed by atoms with E-state index in [2.05, 4.69) is 63.8 Å². The van der Waals surface area contributed by atoms with Crippen LogP contribution in [0.4, 0.5) is 4.79 Å². The molecule has 1 rings (SSSR count). The average Bonchev–Trinajstić information content (AvgIpc) is 0.897. The Bertz CT molecular complexity index is 2830. The fourth-order valence-electron chi connectivity index (χ4n) is 9.27. The zero-order valence-corrected chi connectivity index (χ0v) is 60.8. The molecule has 538 valence electrons. The maximum Gasteiger partial charge on any atom is 0.408 e. The van der Waals surface area contributed by atoms with Crippen LogP contribution in [-0.2, 0) is 78.4 Å². The van der Waals surface area contributed by atoms with Crippen molar-refractivity contribution in [3.8, 4) is 0 Å². The van der Waals surface area contributed by atoms with Gasteiger partial charge in [0.2, 0.25) is 65.0 Å². The minimum atomic E-state index is -1.82. The highest BCUT2D eigenvalue weighted by Gasteiger charge is 2.44. The standard InChI is InChI=1S/C67H114N12O16/c1-26-39(11)48(71-51(81)44(35(3)4)69-52(82)45(36(5)6)73-58(88)64(17,18)76-43(80)33-68-62(92)95-63(14,15)16)56(86)78-66(21,22)60(90)75-50(41(13)94-34-42-31-29-28-30-32-42)54(84)70-47(38(9)10)55(85)77-65(19,20)59(89)74-46(37(7)8)53(83)72-49(40(12)27-2)57(87)79-67(23,24)61(91)93-25/h28-32,35-41,44-50H,26-27,33-34H2,1-25H3,(H,68,92)(H,69,82)(H,70,84)(H,71,81)(H,72,83)(H,73,88)(H,74,89)(H,75,90)(H,76,80)(H,77,85)(H,78,86)(H,79,87)/t39-,40-,41+,44-,45-,46-,47-,48-,49-,50-/m1/s1. The molecule has 0 aromatic heterocycles. The zero-order chi connectivity index (χ0) is 73.6. The van der Waals surface area contributed by atoms with Crippen molar-refractivity contribution < 1.29 is 76.5 Å². The van der Waals surface area contributed by atoms with Crippen LogP contribution in [0.25, 0.3) is 0 Å². The molecule has 0 saturated heterocycles. The van der Waals surface area contributed by atoms with Crippen molar-refractivity contribution in [3.05, 3.63) is 35.9 Å². The van der Waals surface area contributed by atoms with Crippen LogP contribution in [0.3, 0.4) is 0 Å². The van der Waals surface area contributed by atoms with Crippen molar-refractivity contribution >= 4 is 77.0 Å². The molecular formula is C67H114N12O16. The summed E-state index contributed by atoms with van der Waals surface area (Å²) < 4.78 is 16.2. The molecule has 28 heteroatoms. The first-order chi connectivity index (χ1) is 43.5. The third kappa shape index (κ3) is 27.4. The average molecular weight is 1340 g/mol. The molecule has 0 aliphatic rings. The van der Waals surface area contributed by atoms with Gasteiger partial charge in [-0.25, -0.2) is 9.59 Å². The fourth-order valence-corrected chi connectivity index (χ4v) is 9.27. The molecule has 1 aromatic carbocycles. The lowest BCUT2D eigenvalue weighted by Crippen LogP contribution is -2.66. The molecule has 0 fully saturated rings. The molecule has 0 bridgehead atoms. The van der Waals surface area contributed by atoms with E-state index in [1.807, 2.05) is 13.0 Å². The highest BCUT2D eigenvalue weighted by Crippen LogP contribution is 2.19. The Kier molecular flexibility index (Phi) is 33.0. The van der Waals surface area contributed by atoms with Crippen LogP contribution in [0.1, 0.15) is 185 Å². The van der Waals surface area contributed by atoms with Gasteiger partial charge in [0, 0.05) is 0 Å². The molecule has 0 radical (unpaired) electrons. The summed E-state index contributed by atoms with van der Waals surface area (Å²) in [4.78, 5) is 179. The summed E-state index contributed by atoms with van der Waals surface area (Å²) in [5.41, 5.74) is -6.66. The number of hydrogen-bond donors (Lipinski definition) is 12. The van der Waals surface area contributed by atoms with Gasteiger partial charge in [-0.2, -0.15) is 0 Å². The Morgan fingerprint density at radius 3 is 1.07 bits per heavy atom. The predicted octanol–water partition coefficient (Wildman–Crippen LogP) is 2.98. The Balaban J connectivity index is 3.51. The molecular weight excluding hydrogens is 1230 g/mol. The molecule has 12 N–H and O–H groups in total. The SMILES string of the molecule is CC[C@@H](C)[C@@H](NC(=O)[C@H](NC(=O)[C@H](NC(=O)C(C)(C)NC(=O)CNC(=O)OC(C)(C)C)C(C)C)C(C)C)C(=O)NC(C)(C)C(=O)N[C@@H](C(=O)N[C@@H](C(=O)NC(C)(C)C(=O)N[C@@H](C(=O)N[C@@H](C(=O)NC(C)(C)C(=O)OC)[C@H](C)CC)C(C)C)C(C)C)[C@H](C)OCc1ccccc1. The normalized spacial score (nSPS) is 15.3. The van der Waals surface area contributed by atoms with Crippen molar-refractivity contribution in [1.82, 2.24) is 63.8 Å². The summed E-state index contributed by atoms with van der Waals surface area (Å²) in [5.74, 6) is -12.4. The molecule has 10 atom stereocenters. The number of rotatable bonds is 36. The van der Waals surface area contributed by atoms with Crippen molar-refractivity contribution in [2.45, 2.75) is 262 Å². The van der Waals surface area contributed by atoms with Gasteiger partial charge >= 0.3 is 12.1 Å². The second-order valence-corrected chi connectivity index (χ2v) is 28.9. The summed E-state index contributed by atoms with van der Waals surface area (Å²) in [7, 11) is 1.18. The summed E-state index contributed by atoms with van der Waals surface area (Å²) in [5, 5.41) is 31.9. The largest absolute Gasteiger partial charge is 0.467 e. The molecule has 12 amide bonds. The van der Waals surface area contributed by atoms with Crippen molar-refractivity contribution in [2.75, 3.05) is 13.7 Å². The molecule has 95 heavy (non-hydrogen) atoms. The summed E-state index contributed by atoms with van der Waals surface area (Å²) in [6.45, 7) is 37.6. The van der Waals surface area contributed by atoms with E-state index >= 15 is 0 Å². The van der Waals surface area contributed by atoms with Crippen LogP contribution in [0.5, 0.6) is 0 Å². The molecule has 0 spiro atoms. The predicted molar refractivity (Wildman–Crippen MR) is 358 cm³/mol. The van der Waals surface area contributed by atoms with Gasteiger partial charge in [-0.05, 0) is 124 Å². The van der Waals surface area contributed by atoms with Crippen LogP contribution < -0.4 is 63.8 Å². The highest BCUT2D eigenvalue weighted by molar-refractivity contribution is 6.01. The van der Waals surface area contributed by atoms with Crippen LogP contribution in [0, 0.1) is 35.5 Å². The van der Waals surface area contributed by atoms with Crippen LogP contribution in [-0.4, -0.2) is 167 Å². The number of ether oxygens (including phenoxy) is 3. The smallest absolute Gasteiger partial charge is 0.408 e. The second kappa shape index (κ2) is 36.8. The fraction of sp³-hybridized carbons (Fsp3) is 0.716. The number of alkyl carbamates (subject to hydrolysis) is 1. The molecule has 1 aromatic rings. The minimum absolute atomic E-state index is 0.00959. The third-order valence-corrected chi connectivity index (χ3v) is 15.9. The van der Waals surface area contributed by atoms with E-state index in [0.29, 0.717) is 12.8 Å². The maximum absolute atomic E-state index is 14.7. The summed E-state index contributed by atoms with van der Waals surface area (Å²) >= 11 is 0. The molecule has 28 nitrogen and oxygen atoms in total. The molecule has 0 heterocycles. The molecule has 0 aliphatic carbocycles. The summed E-state index contributed by atoms with van der Waals surface area (Å²) in [6.07, 6.45) is -1.12. The first kappa shape index (κ1) is 85.1. The van der Waals surface area contributed by atoms with E-state index in [-0.39, 0.29) is 6.61 Å². The quantitative estimate of drug-likeness (QED) is 0.0430. The number of hydrogen-bond acceptors (Lipinski definition) is 16. The Morgan fingerprint density at radius 1 is 0.400 bits per heavy atom. The van der Waals surface area contributed by atoms with Gasteiger partial charge in [-0.15, -0.1) is 0 Å². The number of nitrogens with one attached hydrogen (secondary N) is 12. The van der Waals surface area contributed by atoms with Gasteiger partial charge in [-0.1, -0.05) is 126 Å². The van der Waals surface area contributed by atoms with Gasteiger partial charge in [0.1, 0.15) is 76.6 Å². The van der Waals surface area contributed by atoms with E-state index in [1.54, 1.807) is 121 Å². The van der Waals surface area contributed by atoms with E-state index in [4.69, 9.17) is 14.2 Å². The Morgan fingerprint density at radius 2 is 0.716 bits per heavy atom. The highest BCUT2D eigenvalue weighted by atomic mass is 16.6. The summed E-state index contributed by atoms with van der Waals surface area (Å²) in [6, 6.07) is -0.0349. The van der Waals surface area contributed by atoms with Crippen LogP contribution in [0.15, 0.2) is 30.3 Å². The van der Waals surface area contributed by atoms with Gasteiger partial charge in [0.05, 0.1) is 19.8 Å². The lowest BCUT2D eigenvalue weighted by atomic mass is 9.94. The number of carbonyl (C=O) groups is 13. The van der Waals surface area contributed by atoms with Crippen molar-refractivity contribution in [3.63, 3.8) is 0 Å². The molecule has 0 aliphatic heterocycles. The molecule has 0 unspecified atom stereocenters. The van der Waals surface area contributed by atoms with E-state index in [9.17, 15) is 62.3 Å². The van der Waals surface area contributed by atoms with Gasteiger partial charge < -0.3 is 78.0 Å². The number of amides is 12. The number of benzene rings is 1. The first-order valence-electron chi connectivity index (χ1n) is 32.6. The van der Waals surface area contributed by atoms with E-state index < -0.39 is 195 Å².